The third kappa shape index (κ3) is 2.88. The third-order valence-corrected chi connectivity index (χ3v) is 3.76. The minimum atomic E-state index is 0.0905. The Morgan fingerprint density at radius 3 is 3.06 bits per heavy atom. The van der Waals surface area contributed by atoms with Crippen molar-refractivity contribution in [2.45, 2.75) is 6.10 Å². The predicted octanol–water partition coefficient (Wildman–Crippen LogP) is 3.05. The molecule has 0 radical (unpaired) electrons. The Labute approximate surface area is 116 Å². The van der Waals surface area contributed by atoms with E-state index >= 15 is 0 Å². The third-order valence-electron chi connectivity index (χ3n) is 2.40. The number of hydrogen-bond donors (Lipinski definition) is 0. The minimum Gasteiger partial charge on any atom is -0.373 e. The van der Waals surface area contributed by atoms with Gasteiger partial charge in [-0.15, -0.1) is 11.6 Å². The average molecular weight is 370 g/mol. The Balaban J connectivity index is 2.16. The summed E-state index contributed by atoms with van der Waals surface area (Å²) < 4.78 is 7.46. The van der Waals surface area contributed by atoms with Crippen molar-refractivity contribution in [3.63, 3.8) is 0 Å². The number of morpholine rings is 1. The molecule has 0 saturated carbocycles. The zero-order chi connectivity index (χ0) is 11.5. The fraction of sp³-hybridized carbons (Fsp3) is 0.500. The van der Waals surface area contributed by atoms with Crippen LogP contribution in [0.5, 0.6) is 0 Å². The summed E-state index contributed by atoms with van der Waals surface area (Å²) in [6.07, 6.45) is 1.89. The SMILES string of the molecule is ClCC1CN(c2ncc(Br)cc2Br)CCO1. The summed E-state index contributed by atoms with van der Waals surface area (Å²) in [5.74, 6) is 1.46. The Bertz CT molecular complexity index is 378. The lowest BCUT2D eigenvalue weighted by Crippen LogP contribution is -2.43. The molecule has 0 N–H and O–H groups in total. The Morgan fingerprint density at radius 2 is 2.38 bits per heavy atom. The Morgan fingerprint density at radius 1 is 1.56 bits per heavy atom. The highest BCUT2D eigenvalue weighted by Crippen LogP contribution is 2.27. The van der Waals surface area contributed by atoms with Crippen molar-refractivity contribution in [1.29, 1.82) is 0 Å². The molecule has 1 aliphatic rings. The maximum atomic E-state index is 5.81. The first kappa shape index (κ1) is 12.6. The van der Waals surface area contributed by atoms with Gasteiger partial charge in [-0.3, -0.25) is 0 Å². The second-order valence-electron chi connectivity index (χ2n) is 3.55. The molecule has 16 heavy (non-hydrogen) atoms. The lowest BCUT2D eigenvalue weighted by Gasteiger charge is -2.33. The van der Waals surface area contributed by atoms with E-state index in [0.717, 1.165) is 27.9 Å². The number of nitrogens with zero attached hydrogens (tertiary/aromatic N) is 2. The van der Waals surface area contributed by atoms with E-state index in [9.17, 15) is 0 Å². The molecule has 1 aliphatic heterocycles. The van der Waals surface area contributed by atoms with Crippen molar-refractivity contribution in [2.24, 2.45) is 0 Å². The van der Waals surface area contributed by atoms with E-state index < -0.39 is 0 Å². The van der Waals surface area contributed by atoms with E-state index in [1.54, 1.807) is 6.20 Å². The smallest absolute Gasteiger partial charge is 0.143 e. The number of aromatic nitrogens is 1. The monoisotopic (exact) mass is 368 g/mol. The van der Waals surface area contributed by atoms with Gasteiger partial charge in [-0.05, 0) is 37.9 Å². The van der Waals surface area contributed by atoms with Gasteiger partial charge in [0.2, 0.25) is 0 Å². The zero-order valence-corrected chi connectivity index (χ0v) is 12.4. The lowest BCUT2D eigenvalue weighted by molar-refractivity contribution is 0.0551. The van der Waals surface area contributed by atoms with Crippen LogP contribution in [0.4, 0.5) is 5.82 Å². The van der Waals surface area contributed by atoms with E-state index in [4.69, 9.17) is 16.3 Å². The fourth-order valence-corrected chi connectivity index (χ4v) is 3.07. The van der Waals surface area contributed by atoms with Crippen molar-refractivity contribution in [1.82, 2.24) is 4.98 Å². The van der Waals surface area contributed by atoms with Crippen molar-refractivity contribution >= 4 is 49.3 Å². The van der Waals surface area contributed by atoms with Crippen LogP contribution in [0.2, 0.25) is 0 Å². The van der Waals surface area contributed by atoms with Gasteiger partial charge >= 0.3 is 0 Å². The van der Waals surface area contributed by atoms with Crippen LogP contribution in [0.3, 0.4) is 0 Å². The molecule has 1 aromatic rings. The summed E-state index contributed by atoms with van der Waals surface area (Å²) in [7, 11) is 0. The Hall–Kier alpha value is 0.160. The van der Waals surface area contributed by atoms with Crippen LogP contribution >= 0.6 is 43.5 Å². The number of halogens is 3. The Kier molecular flexibility index (Phi) is 4.47. The summed E-state index contributed by atoms with van der Waals surface area (Å²) in [5, 5.41) is 0. The van der Waals surface area contributed by atoms with Gasteiger partial charge in [0.05, 0.1) is 23.1 Å². The van der Waals surface area contributed by atoms with Gasteiger partial charge in [-0.25, -0.2) is 4.98 Å². The van der Waals surface area contributed by atoms with Crippen LogP contribution in [0.1, 0.15) is 0 Å². The van der Waals surface area contributed by atoms with Gasteiger partial charge in [-0.2, -0.15) is 0 Å². The highest BCUT2D eigenvalue weighted by Gasteiger charge is 2.22. The van der Waals surface area contributed by atoms with Crippen molar-refractivity contribution < 1.29 is 4.74 Å². The topological polar surface area (TPSA) is 25.4 Å². The number of alkyl halides is 1. The van der Waals surface area contributed by atoms with Crippen LogP contribution < -0.4 is 4.90 Å². The molecule has 0 amide bonds. The molecule has 0 aromatic carbocycles. The van der Waals surface area contributed by atoms with E-state index in [2.05, 4.69) is 41.7 Å². The minimum absolute atomic E-state index is 0.0905. The van der Waals surface area contributed by atoms with Crippen LogP contribution in [-0.4, -0.2) is 36.7 Å². The quantitative estimate of drug-likeness (QED) is 0.749. The summed E-state index contributed by atoms with van der Waals surface area (Å²) in [5.41, 5.74) is 0. The van der Waals surface area contributed by atoms with E-state index in [1.807, 2.05) is 6.07 Å². The number of hydrogen-bond acceptors (Lipinski definition) is 3. The highest BCUT2D eigenvalue weighted by atomic mass is 79.9. The molecule has 88 valence electrons. The van der Waals surface area contributed by atoms with Gasteiger partial charge in [0.15, 0.2) is 0 Å². The van der Waals surface area contributed by atoms with Gasteiger partial charge in [0, 0.05) is 23.8 Å². The van der Waals surface area contributed by atoms with Gasteiger partial charge in [-0.1, -0.05) is 0 Å². The van der Waals surface area contributed by atoms with E-state index in [0.29, 0.717) is 12.5 Å². The average Bonchev–Trinajstić information content (AvgIpc) is 2.29. The van der Waals surface area contributed by atoms with Crippen LogP contribution in [0, 0.1) is 0 Å². The molecule has 1 atom stereocenters. The van der Waals surface area contributed by atoms with Crippen molar-refractivity contribution in [3.8, 4) is 0 Å². The maximum Gasteiger partial charge on any atom is 0.143 e. The summed E-state index contributed by atoms with van der Waals surface area (Å²) >= 11 is 12.7. The number of anilines is 1. The van der Waals surface area contributed by atoms with E-state index in [1.165, 1.54) is 0 Å². The molecule has 1 saturated heterocycles. The van der Waals surface area contributed by atoms with Gasteiger partial charge < -0.3 is 9.64 Å². The zero-order valence-electron chi connectivity index (χ0n) is 8.50. The number of pyridine rings is 1. The maximum absolute atomic E-state index is 5.81. The number of ether oxygens (including phenoxy) is 1. The molecular weight excluding hydrogens is 359 g/mol. The van der Waals surface area contributed by atoms with Crippen LogP contribution in [-0.2, 0) is 4.74 Å². The van der Waals surface area contributed by atoms with Crippen LogP contribution in [0.15, 0.2) is 21.2 Å². The largest absolute Gasteiger partial charge is 0.373 e. The molecule has 6 heteroatoms. The van der Waals surface area contributed by atoms with Crippen LogP contribution in [0.25, 0.3) is 0 Å². The lowest BCUT2D eigenvalue weighted by atomic mass is 10.3. The first-order valence-electron chi connectivity index (χ1n) is 4.94. The fourth-order valence-electron chi connectivity index (χ4n) is 1.65. The van der Waals surface area contributed by atoms with E-state index in [-0.39, 0.29) is 6.10 Å². The summed E-state index contributed by atoms with van der Waals surface area (Å²) in [6, 6.07) is 1.99. The van der Waals surface area contributed by atoms with Crippen molar-refractivity contribution in [2.75, 3.05) is 30.5 Å². The van der Waals surface area contributed by atoms with Gasteiger partial charge in [0.1, 0.15) is 5.82 Å². The summed E-state index contributed by atoms with van der Waals surface area (Å²) in [4.78, 5) is 6.59. The summed E-state index contributed by atoms with van der Waals surface area (Å²) in [6.45, 7) is 2.33. The van der Waals surface area contributed by atoms with Crippen molar-refractivity contribution in [3.05, 3.63) is 21.2 Å². The first-order chi connectivity index (χ1) is 7.70. The second kappa shape index (κ2) is 5.67. The molecule has 3 nitrogen and oxygen atoms in total. The molecule has 0 spiro atoms. The second-order valence-corrected chi connectivity index (χ2v) is 5.63. The van der Waals surface area contributed by atoms with Gasteiger partial charge in [0.25, 0.3) is 0 Å². The first-order valence-corrected chi connectivity index (χ1v) is 7.06. The standard InChI is InChI=1S/C10H11Br2ClN2O/c11-7-3-9(12)10(14-5-7)15-1-2-16-8(4-13)6-15/h3,5,8H,1-2,4,6H2. The normalized spacial score (nSPS) is 21.2. The molecule has 1 aromatic heterocycles. The number of rotatable bonds is 2. The molecule has 1 fully saturated rings. The molecule has 1 unspecified atom stereocenters. The molecule has 2 rings (SSSR count). The predicted molar refractivity (Wildman–Crippen MR) is 72.3 cm³/mol. The highest BCUT2D eigenvalue weighted by molar-refractivity contribution is 9.11. The molecular formula is C10H11Br2ClN2O. The molecule has 2 heterocycles. The molecule has 0 aliphatic carbocycles. The molecule has 0 bridgehead atoms.